The highest BCUT2D eigenvalue weighted by Crippen LogP contribution is 2.23. The van der Waals surface area contributed by atoms with Gasteiger partial charge in [0.05, 0.1) is 12.4 Å². The molecule has 4 heteroatoms. The molecule has 2 aromatic heterocycles. The first-order valence-corrected chi connectivity index (χ1v) is 5.30. The second kappa shape index (κ2) is 4.35. The van der Waals surface area contributed by atoms with Crippen LogP contribution in [0.5, 0.6) is 11.8 Å². The van der Waals surface area contributed by atoms with E-state index in [-0.39, 0.29) is 0 Å². The number of aromatic nitrogens is 3. The minimum absolute atomic E-state index is 0.328. The quantitative estimate of drug-likeness (QED) is 0.793. The second-order valence-electron chi connectivity index (χ2n) is 3.94. The highest BCUT2D eigenvalue weighted by Gasteiger charge is 2.11. The van der Waals surface area contributed by atoms with Crippen molar-refractivity contribution in [2.24, 2.45) is 0 Å². The minimum atomic E-state index is 0.328. The molecule has 0 atom stereocenters. The Morgan fingerprint density at radius 3 is 2.75 bits per heavy atom. The summed E-state index contributed by atoms with van der Waals surface area (Å²) in [6, 6.07) is 4.64. The van der Waals surface area contributed by atoms with E-state index in [0.29, 0.717) is 17.8 Å². The van der Waals surface area contributed by atoms with Crippen LogP contribution in [0.2, 0.25) is 0 Å². The summed E-state index contributed by atoms with van der Waals surface area (Å²) in [5.74, 6) is 0.704. The van der Waals surface area contributed by atoms with E-state index in [2.05, 4.69) is 23.8 Å². The van der Waals surface area contributed by atoms with Gasteiger partial charge >= 0.3 is 6.01 Å². The van der Waals surface area contributed by atoms with Crippen LogP contribution in [0.1, 0.15) is 25.6 Å². The van der Waals surface area contributed by atoms with E-state index in [4.69, 9.17) is 4.74 Å². The average molecular weight is 217 g/mol. The largest absolute Gasteiger partial charge is 0.424 e. The van der Waals surface area contributed by atoms with Crippen molar-refractivity contribution in [2.45, 2.75) is 26.8 Å². The van der Waals surface area contributed by atoms with Crippen molar-refractivity contribution in [3.05, 3.63) is 36.4 Å². The summed E-state index contributed by atoms with van der Waals surface area (Å²) in [4.78, 5) is 8.25. The lowest BCUT2D eigenvalue weighted by Gasteiger charge is -2.13. The van der Waals surface area contributed by atoms with Crippen molar-refractivity contribution in [1.82, 2.24) is 14.5 Å². The fraction of sp³-hybridized carbons (Fsp3) is 0.333. The topological polar surface area (TPSA) is 39.9 Å². The first-order chi connectivity index (χ1) is 7.68. The molecule has 2 heterocycles. The van der Waals surface area contributed by atoms with Crippen LogP contribution in [-0.4, -0.2) is 14.5 Å². The van der Waals surface area contributed by atoms with Gasteiger partial charge in [0.25, 0.3) is 0 Å². The molecule has 0 saturated carbocycles. The molecule has 84 valence electrons. The van der Waals surface area contributed by atoms with Gasteiger partial charge in [0.2, 0.25) is 0 Å². The lowest BCUT2D eigenvalue weighted by Crippen LogP contribution is -2.05. The van der Waals surface area contributed by atoms with Crippen LogP contribution in [-0.2, 0) is 0 Å². The number of pyridine rings is 1. The number of nitrogens with zero attached hydrogens (tertiary/aromatic N) is 3. The molecule has 16 heavy (non-hydrogen) atoms. The Hall–Kier alpha value is -1.84. The smallest absolute Gasteiger partial charge is 0.302 e. The zero-order valence-corrected chi connectivity index (χ0v) is 9.71. The summed E-state index contributed by atoms with van der Waals surface area (Å²) in [6.45, 7) is 6.22. The number of rotatable bonds is 3. The van der Waals surface area contributed by atoms with Crippen LogP contribution in [0.15, 0.2) is 30.7 Å². The Labute approximate surface area is 94.9 Å². The summed E-state index contributed by atoms with van der Waals surface area (Å²) in [5.41, 5.74) is 1.09. The number of hydrogen-bond acceptors (Lipinski definition) is 3. The summed E-state index contributed by atoms with van der Waals surface area (Å²) in [5, 5.41) is 0. The Morgan fingerprint density at radius 2 is 2.12 bits per heavy atom. The SMILES string of the molecule is Cc1cnc(Oc2cccnc2)n1C(C)C. The Balaban J connectivity index is 2.29. The molecule has 0 unspecified atom stereocenters. The summed E-state index contributed by atoms with van der Waals surface area (Å²) in [7, 11) is 0. The lowest BCUT2D eigenvalue weighted by atomic mass is 10.3. The molecule has 0 bridgehead atoms. The van der Waals surface area contributed by atoms with E-state index in [9.17, 15) is 0 Å². The van der Waals surface area contributed by atoms with Crippen molar-refractivity contribution < 1.29 is 4.74 Å². The minimum Gasteiger partial charge on any atom is -0.424 e. The second-order valence-corrected chi connectivity index (χ2v) is 3.94. The van der Waals surface area contributed by atoms with Gasteiger partial charge in [0.15, 0.2) is 0 Å². The van der Waals surface area contributed by atoms with Crippen molar-refractivity contribution in [1.29, 1.82) is 0 Å². The highest BCUT2D eigenvalue weighted by molar-refractivity contribution is 5.21. The summed E-state index contributed by atoms with van der Waals surface area (Å²) in [6.07, 6.45) is 5.20. The van der Waals surface area contributed by atoms with E-state index in [1.807, 2.05) is 29.8 Å². The summed E-state index contributed by atoms with van der Waals surface area (Å²) >= 11 is 0. The highest BCUT2D eigenvalue weighted by atomic mass is 16.5. The van der Waals surface area contributed by atoms with Gasteiger partial charge in [0, 0.05) is 17.9 Å². The third kappa shape index (κ3) is 2.05. The Morgan fingerprint density at radius 1 is 1.31 bits per heavy atom. The van der Waals surface area contributed by atoms with E-state index in [0.717, 1.165) is 5.69 Å². The van der Waals surface area contributed by atoms with E-state index >= 15 is 0 Å². The molecular formula is C12H15N3O. The van der Waals surface area contributed by atoms with Crippen LogP contribution in [0.3, 0.4) is 0 Å². The molecule has 0 saturated heterocycles. The maximum Gasteiger partial charge on any atom is 0.302 e. The monoisotopic (exact) mass is 217 g/mol. The van der Waals surface area contributed by atoms with Gasteiger partial charge in [-0.05, 0) is 32.9 Å². The van der Waals surface area contributed by atoms with Gasteiger partial charge in [0.1, 0.15) is 5.75 Å². The first-order valence-electron chi connectivity index (χ1n) is 5.30. The lowest BCUT2D eigenvalue weighted by molar-refractivity contribution is 0.391. The van der Waals surface area contributed by atoms with Gasteiger partial charge in [-0.2, -0.15) is 0 Å². The zero-order chi connectivity index (χ0) is 11.5. The molecule has 0 N–H and O–H groups in total. The molecule has 0 radical (unpaired) electrons. The van der Waals surface area contributed by atoms with Crippen molar-refractivity contribution in [3.8, 4) is 11.8 Å². The zero-order valence-electron chi connectivity index (χ0n) is 9.71. The van der Waals surface area contributed by atoms with Gasteiger partial charge < -0.3 is 4.74 Å². The molecule has 0 amide bonds. The van der Waals surface area contributed by atoms with Gasteiger partial charge in [-0.1, -0.05) is 0 Å². The molecule has 0 aliphatic heterocycles. The summed E-state index contributed by atoms with van der Waals surface area (Å²) < 4.78 is 7.73. The molecule has 0 aliphatic carbocycles. The third-order valence-electron chi connectivity index (χ3n) is 2.31. The van der Waals surface area contributed by atoms with Gasteiger partial charge in [-0.25, -0.2) is 4.98 Å². The fourth-order valence-electron chi connectivity index (χ4n) is 1.64. The molecule has 4 nitrogen and oxygen atoms in total. The fourth-order valence-corrected chi connectivity index (χ4v) is 1.64. The number of imidazole rings is 1. The van der Waals surface area contributed by atoms with Gasteiger partial charge in [-0.3, -0.25) is 9.55 Å². The van der Waals surface area contributed by atoms with E-state index < -0.39 is 0 Å². The number of ether oxygens (including phenoxy) is 1. The first kappa shape index (κ1) is 10.7. The number of hydrogen-bond donors (Lipinski definition) is 0. The molecule has 0 aliphatic rings. The van der Waals surface area contributed by atoms with Crippen LogP contribution >= 0.6 is 0 Å². The molecule has 0 fully saturated rings. The maximum atomic E-state index is 5.68. The van der Waals surface area contributed by atoms with Gasteiger partial charge in [-0.15, -0.1) is 0 Å². The molecular weight excluding hydrogens is 202 g/mol. The average Bonchev–Trinajstić information content (AvgIpc) is 2.61. The predicted octanol–water partition coefficient (Wildman–Crippen LogP) is 2.96. The third-order valence-corrected chi connectivity index (χ3v) is 2.31. The van der Waals surface area contributed by atoms with Crippen LogP contribution in [0.4, 0.5) is 0 Å². The van der Waals surface area contributed by atoms with Crippen LogP contribution in [0, 0.1) is 6.92 Å². The molecule has 2 aromatic rings. The van der Waals surface area contributed by atoms with Crippen molar-refractivity contribution in [2.75, 3.05) is 0 Å². The van der Waals surface area contributed by atoms with Crippen molar-refractivity contribution >= 4 is 0 Å². The molecule has 2 rings (SSSR count). The normalized spacial score (nSPS) is 10.8. The van der Waals surface area contributed by atoms with Crippen molar-refractivity contribution in [3.63, 3.8) is 0 Å². The standard InChI is InChI=1S/C12H15N3O/c1-9(2)15-10(3)7-14-12(15)16-11-5-4-6-13-8-11/h4-9H,1-3H3. The van der Waals surface area contributed by atoms with E-state index in [1.54, 1.807) is 12.4 Å². The Bertz CT molecular complexity index is 462. The molecule has 0 spiro atoms. The van der Waals surface area contributed by atoms with E-state index in [1.165, 1.54) is 0 Å². The Kier molecular flexibility index (Phi) is 2.90. The molecule has 0 aromatic carbocycles. The van der Waals surface area contributed by atoms with Crippen LogP contribution in [0.25, 0.3) is 0 Å². The maximum absolute atomic E-state index is 5.68. The number of aryl methyl sites for hydroxylation is 1. The van der Waals surface area contributed by atoms with Crippen LogP contribution < -0.4 is 4.74 Å². The predicted molar refractivity (Wildman–Crippen MR) is 61.7 cm³/mol.